The molecule has 1 aromatic heterocycles. The van der Waals surface area contributed by atoms with E-state index in [4.69, 9.17) is 5.73 Å². The van der Waals surface area contributed by atoms with Crippen LogP contribution < -0.4 is 5.73 Å². The van der Waals surface area contributed by atoms with Gasteiger partial charge in [0.05, 0.1) is 0 Å². The van der Waals surface area contributed by atoms with E-state index in [9.17, 15) is 4.39 Å². The highest BCUT2D eigenvalue weighted by atomic mass is 19.1. The van der Waals surface area contributed by atoms with Crippen molar-refractivity contribution in [2.45, 2.75) is 19.5 Å². The van der Waals surface area contributed by atoms with Gasteiger partial charge in [-0.2, -0.15) is 0 Å². The van der Waals surface area contributed by atoms with Gasteiger partial charge in [0.1, 0.15) is 5.82 Å². The SMILES string of the molecule is Cc1ccc(F)c(C(CN)N(C)Cc2cccnc2)c1. The number of pyridine rings is 1. The number of nitrogens with zero attached hydrogens (tertiary/aromatic N) is 2. The maximum atomic E-state index is 14.0. The minimum absolute atomic E-state index is 0.143. The Morgan fingerprint density at radius 3 is 2.80 bits per heavy atom. The fourth-order valence-corrected chi connectivity index (χ4v) is 2.35. The van der Waals surface area contributed by atoms with Gasteiger partial charge in [-0.15, -0.1) is 0 Å². The number of rotatable bonds is 5. The zero-order chi connectivity index (χ0) is 14.5. The van der Waals surface area contributed by atoms with Gasteiger partial charge in [-0.25, -0.2) is 4.39 Å². The van der Waals surface area contributed by atoms with Crippen molar-refractivity contribution in [3.05, 3.63) is 65.2 Å². The van der Waals surface area contributed by atoms with Gasteiger partial charge < -0.3 is 5.73 Å². The maximum Gasteiger partial charge on any atom is 0.128 e. The number of nitrogens with two attached hydrogens (primary N) is 1. The predicted molar refractivity (Wildman–Crippen MR) is 78.6 cm³/mol. The van der Waals surface area contributed by atoms with Gasteiger partial charge in [-0.1, -0.05) is 23.8 Å². The van der Waals surface area contributed by atoms with Crippen LogP contribution in [-0.4, -0.2) is 23.5 Å². The third kappa shape index (κ3) is 3.40. The van der Waals surface area contributed by atoms with Crippen molar-refractivity contribution >= 4 is 0 Å². The second-order valence-electron chi connectivity index (χ2n) is 5.05. The van der Waals surface area contributed by atoms with Crippen LogP contribution >= 0.6 is 0 Å². The lowest BCUT2D eigenvalue weighted by molar-refractivity contribution is 0.236. The summed E-state index contributed by atoms with van der Waals surface area (Å²) in [5.41, 5.74) is 8.63. The Labute approximate surface area is 119 Å². The van der Waals surface area contributed by atoms with Gasteiger partial charge in [0.25, 0.3) is 0 Å². The molecule has 0 saturated carbocycles. The molecule has 2 N–H and O–H groups in total. The highest BCUT2D eigenvalue weighted by Crippen LogP contribution is 2.23. The van der Waals surface area contributed by atoms with Crippen LogP contribution in [0.2, 0.25) is 0 Å². The van der Waals surface area contributed by atoms with Crippen LogP contribution in [0, 0.1) is 12.7 Å². The molecule has 1 atom stereocenters. The zero-order valence-electron chi connectivity index (χ0n) is 11.9. The number of hydrogen-bond donors (Lipinski definition) is 1. The average Bonchev–Trinajstić information content (AvgIpc) is 2.44. The highest BCUT2D eigenvalue weighted by Gasteiger charge is 2.19. The minimum atomic E-state index is -0.205. The Morgan fingerprint density at radius 1 is 1.35 bits per heavy atom. The van der Waals surface area contributed by atoms with E-state index in [-0.39, 0.29) is 11.9 Å². The summed E-state index contributed by atoms with van der Waals surface area (Å²) in [6.45, 7) is 3.01. The molecule has 1 heterocycles. The Morgan fingerprint density at radius 2 is 2.15 bits per heavy atom. The van der Waals surface area contributed by atoms with E-state index in [2.05, 4.69) is 9.88 Å². The van der Waals surface area contributed by atoms with Crippen LogP contribution in [0.25, 0.3) is 0 Å². The molecular weight excluding hydrogens is 253 g/mol. The Hall–Kier alpha value is -1.78. The third-order valence-electron chi connectivity index (χ3n) is 3.42. The molecule has 106 valence electrons. The van der Waals surface area contributed by atoms with Gasteiger partial charge in [0.15, 0.2) is 0 Å². The number of hydrogen-bond acceptors (Lipinski definition) is 3. The molecule has 1 aromatic carbocycles. The van der Waals surface area contributed by atoms with E-state index in [1.807, 2.05) is 38.4 Å². The molecule has 0 amide bonds. The first-order valence-corrected chi connectivity index (χ1v) is 6.67. The smallest absolute Gasteiger partial charge is 0.128 e. The molecule has 0 radical (unpaired) electrons. The standard InChI is InChI=1S/C16H20FN3/c1-12-5-6-15(17)14(8-12)16(9-18)20(2)11-13-4-3-7-19-10-13/h3-8,10,16H,9,11,18H2,1-2H3. The molecule has 0 fully saturated rings. The van der Waals surface area contributed by atoms with Crippen LogP contribution in [0.4, 0.5) is 4.39 Å². The van der Waals surface area contributed by atoms with Crippen LogP contribution in [0.1, 0.15) is 22.7 Å². The highest BCUT2D eigenvalue weighted by molar-refractivity contribution is 5.27. The summed E-state index contributed by atoms with van der Waals surface area (Å²) in [6.07, 6.45) is 3.56. The lowest BCUT2D eigenvalue weighted by Crippen LogP contribution is -2.31. The monoisotopic (exact) mass is 273 g/mol. The number of halogens is 1. The van der Waals surface area contributed by atoms with E-state index >= 15 is 0 Å². The van der Waals surface area contributed by atoms with Crippen molar-refractivity contribution in [2.24, 2.45) is 5.73 Å². The molecule has 3 nitrogen and oxygen atoms in total. The summed E-state index contributed by atoms with van der Waals surface area (Å²) >= 11 is 0. The van der Waals surface area contributed by atoms with E-state index in [1.165, 1.54) is 6.07 Å². The largest absolute Gasteiger partial charge is 0.329 e. The van der Waals surface area contributed by atoms with Gasteiger partial charge in [0, 0.05) is 37.1 Å². The average molecular weight is 273 g/mol. The molecule has 1 unspecified atom stereocenters. The van der Waals surface area contributed by atoms with Crippen molar-refractivity contribution < 1.29 is 4.39 Å². The quantitative estimate of drug-likeness (QED) is 0.910. The fourth-order valence-electron chi connectivity index (χ4n) is 2.35. The van der Waals surface area contributed by atoms with Gasteiger partial charge in [-0.05, 0) is 31.7 Å². The van der Waals surface area contributed by atoms with Crippen molar-refractivity contribution in [1.29, 1.82) is 0 Å². The van der Waals surface area contributed by atoms with Crippen LogP contribution in [0.3, 0.4) is 0 Å². The van der Waals surface area contributed by atoms with Gasteiger partial charge >= 0.3 is 0 Å². The molecular formula is C16H20FN3. The number of aryl methyl sites for hydroxylation is 1. The summed E-state index contributed by atoms with van der Waals surface area (Å²) < 4.78 is 14.0. The predicted octanol–water partition coefficient (Wildman–Crippen LogP) is 2.66. The van der Waals surface area contributed by atoms with E-state index in [0.29, 0.717) is 18.7 Å². The first-order valence-electron chi connectivity index (χ1n) is 6.67. The van der Waals surface area contributed by atoms with Gasteiger partial charge in [-0.3, -0.25) is 9.88 Å². The Balaban J connectivity index is 2.21. The van der Waals surface area contributed by atoms with Crippen LogP contribution in [0.15, 0.2) is 42.7 Å². The van der Waals surface area contributed by atoms with E-state index in [0.717, 1.165) is 11.1 Å². The second-order valence-corrected chi connectivity index (χ2v) is 5.05. The molecule has 4 heteroatoms. The summed E-state index contributed by atoms with van der Waals surface area (Å²) in [4.78, 5) is 6.15. The topological polar surface area (TPSA) is 42.1 Å². The fraction of sp³-hybridized carbons (Fsp3) is 0.312. The Kier molecular flexibility index (Phi) is 4.82. The van der Waals surface area contributed by atoms with Crippen molar-refractivity contribution in [2.75, 3.05) is 13.6 Å². The first-order chi connectivity index (χ1) is 9.61. The summed E-state index contributed by atoms with van der Waals surface area (Å²) in [5, 5.41) is 0. The maximum absolute atomic E-state index is 14.0. The third-order valence-corrected chi connectivity index (χ3v) is 3.42. The lowest BCUT2D eigenvalue weighted by atomic mass is 10.0. The summed E-state index contributed by atoms with van der Waals surface area (Å²) in [5.74, 6) is -0.205. The molecule has 20 heavy (non-hydrogen) atoms. The van der Waals surface area contributed by atoms with E-state index in [1.54, 1.807) is 12.3 Å². The minimum Gasteiger partial charge on any atom is -0.329 e. The normalized spacial score (nSPS) is 12.7. The van der Waals surface area contributed by atoms with Crippen LogP contribution in [-0.2, 0) is 6.54 Å². The molecule has 0 aliphatic rings. The van der Waals surface area contributed by atoms with Gasteiger partial charge in [0.2, 0.25) is 0 Å². The molecule has 2 aromatic rings. The molecule has 0 bridgehead atoms. The van der Waals surface area contributed by atoms with Crippen LogP contribution in [0.5, 0.6) is 0 Å². The lowest BCUT2D eigenvalue weighted by Gasteiger charge is -2.28. The van der Waals surface area contributed by atoms with Crippen molar-refractivity contribution in [3.63, 3.8) is 0 Å². The van der Waals surface area contributed by atoms with Crippen molar-refractivity contribution in [1.82, 2.24) is 9.88 Å². The zero-order valence-corrected chi connectivity index (χ0v) is 11.9. The van der Waals surface area contributed by atoms with Crippen molar-refractivity contribution in [3.8, 4) is 0 Å². The Bertz CT molecular complexity index is 557. The molecule has 0 saturated heterocycles. The second kappa shape index (κ2) is 6.59. The molecule has 0 spiro atoms. The molecule has 0 aliphatic heterocycles. The molecule has 0 aliphatic carbocycles. The summed E-state index contributed by atoms with van der Waals surface area (Å²) in [6, 6.07) is 8.90. The number of aromatic nitrogens is 1. The molecule has 2 rings (SSSR count). The number of likely N-dealkylation sites (N-methyl/N-ethyl adjacent to an activating group) is 1. The first kappa shape index (κ1) is 14.6. The summed E-state index contributed by atoms with van der Waals surface area (Å²) in [7, 11) is 1.95. The van der Waals surface area contributed by atoms with E-state index < -0.39 is 0 Å². The number of benzene rings is 1.